The fraction of sp³-hybridized carbons (Fsp3) is 0.355. The van der Waals surface area contributed by atoms with E-state index in [0.29, 0.717) is 37.8 Å². The van der Waals surface area contributed by atoms with Crippen molar-refractivity contribution in [2.75, 3.05) is 29.3 Å². The zero-order valence-electron chi connectivity index (χ0n) is 23.3. The molecule has 10 heteroatoms. The molecule has 0 saturated heterocycles. The number of anilines is 3. The van der Waals surface area contributed by atoms with Crippen LogP contribution in [0.4, 0.5) is 17.4 Å². The van der Waals surface area contributed by atoms with E-state index in [4.69, 9.17) is 4.42 Å². The van der Waals surface area contributed by atoms with E-state index in [-0.39, 0.29) is 4.90 Å². The van der Waals surface area contributed by atoms with Crippen molar-refractivity contribution in [3.05, 3.63) is 95.6 Å². The topological polar surface area (TPSA) is 121 Å². The van der Waals surface area contributed by atoms with E-state index in [2.05, 4.69) is 26.9 Å². The third-order valence-corrected chi connectivity index (χ3v) is 8.64. The molecule has 0 bridgehead atoms. The molecule has 216 valence electrons. The molecule has 3 heterocycles. The predicted octanol–water partition coefficient (Wildman–Crippen LogP) is 5.16. The van der Waals surface area contributed by atoms with Crippen LogP contribution in [-0.4, -0.2) is 43.1 Å². The molecule has 2 aromatic heterocycles. The molecule has 0 radical (unpaired) electrons. The monoisotopic (exact) mass is 575 g/mol. The van der Waals surface area contributed by atoms with Gasteiger partial charge in [-0.2, -0.15) is 0 Å². The van der Waals surface area contributed by atoms with Gasteiger partial charge in [0.2, 0.25) is 0 Å². The molecule has 0 aliphatic carbocycles. The molecular formula is C31H37N5O4S. The zero-order valence-corrected chi connectivity index (χ0v) is 24.1. The Morgan fingerprint density at radius 1 is 1.07 bits per heavy atom. The van der Waals surface area contributed by atoms with Crippen LogP contribution in [0.25, 0.3) is 0 Å². The summed E-state index contributed by atoms with van der Waals surface area (Å²) in [6.07, 6.45) is 10.3. The van der Waals surface area contributed by atoms with Crippen molar-refractivity contribution < 1.29 is 17.9 Å². The molecule has 1 atom stereocenters. The number of hydrogen-bond donors (Lipinski definition) is 3. The normalized spacial score (nSPS) is 13.8. The number of hydrogen-bond acceptors (Lipinski definition) is 8. The van der Waals surface area contributed by atoms with Crippen LogP contribution in [0.5, 0.6) is 0 Å². The maximum Gasteiger partial charge on any atom is 0.302 e. The molecule has 41 heavy (non-hydrogen) atoms. The molecule has 1 unspecified atom stereocenters. The molecule has 3 N–H and O–H groups in total. The second kappa shape index (κ2) is 13.3. The summed E-state index contributed by atoms with van der Waals surface area (Å²) < 4.78 is 35.0. The van der Waals surface area contributed by atoms with Crippen LogP contribution < -0.4 is 14.9 Å². The molecule has 9 nitrogen and oxygen atoms in total. The molecule has 4 aromatic rings. The number of rotatable bonds is 14. The van der Waals surface area contributed by atoms with E-state index in [0.717, 1.165) is 60.2 Å². The van der Waals surface area contributed by atoms with Gasteiger partial charge in [0.1, 0.15) is 5.76 Å². The molecule has 1 aliphatic heterocycles. The number of nitrogens with zero attached hydrogens (tertiary/aromatic N) is 3. The third-order valence-electron chi connectivity index (χ3n) is 7.26. The Bertz CT molecular complexity index is 1520. The lowest BCUT2D eigenvalue weighted by Crippen LogP contribution is -2.23. The summed E-state index contributed by atoms with van der Waals surface area (Å²) in [4.78, 5) is 10.7. The average molecular weight is 576 g/mol. The summed E-state index contributed by atoms with van der Waals surface area (Å²) in [5.74, 6) is 0.882. The molecule has 5 rings (SSSR count). The van der Waals surface area contributed by atoms with Crippen molar-refractivity contribution in [2.24, 2.45) is 0 Å². The minimum atomic E-state index is -3.75. The van der Waals surface area contributed by atoms with Crippen molar-refractivity contribution >= 4 is 27.4 Å². The van der Waals surface area contributed by atoms with E-state index in [1.165, 1.54) is 0 Å². The van der Waals surface area contributed by atoms with Crippen LogP contribution in [-0.2, 0) is 29.3 Å². The number of aromatic nitrogens is 2. The Hall–Kier alpha value is -3.73. The van der Waals surface area contributed by atoms with Gasteiger partial charge in [0.05, 0.1) is 17.2 Å². The molecule has 0 amide bonds. The summed E-state index contributed by atoms with van der Waals surface area (Å²) in [5.41, 5.74) is 4.23. The molecule has 0 saturated carbocycles. The molecular weight excluding hydrogens is 538 g/mol. The highest BCUT2D eigenvalue weighted by Crippen LogP contribution is 2.36. The number of fused-ring (bicyclic) bond motifs is 1. The lowest BCUT2D eigenvalue weighted by molar-refractivity contribution is 0.174. The van der Waals surface area contributed by atoms with Crippen molar-refractivity contribution in [3.63, 3.8) is 0 Å². The summed E-state index contributed by atoms with van der Waals surface area (Å²) in [6.45, 7) is 3.98. The van der Waals surface area contributed by atoms with Crippen molar-refractivity contribution in [2.45, 2.75) is 56.4 Å². The number of aliphatic hydroxyl groups excluding tert-OH is 1. The maximum absolute atomic E-state index is 13.2. The van der Waals surface area contributed by atoms with Crippen LogP contribution in [0.2, 0.25) is 0 Å². The highest BCUT2D eigenvalue weighted by molar-refractivity contribution is 7.92. The summed E-state index contributed by atoms with van der Waals surface area (Å²) in [6, 6.07) is 16.8. The smallest absolute Gasteiger partial charge is 0.302 e. The number of aryl methyl sites for hydroxylation is 1. The van der Waals surface area contributed by atoms with Crippen LogP contribution in [0.1, 0.15) is 54.7 Å². The molecule has 2 aromatic carbocycles. The fourth-order valence-electron chi connectivity index (χ4n) is 4.95. The second-order valence-electron chi connectivity index (χ2n) is 10.3. The van der Waals surface area contributed by atoms with Gasteiger partial charge in [0.15, 0.2) is 0 Å². The van der Waals surface area contributed by atoms with Gasteiger partial charge in [-0.1, -0.05) is 38.0 Å². The number of sulfonamides is 1. The van der Waals surface area contributed by atoms with Crippen LogP contribution >= 0.6 is 0 Å². The SMILES string of the molecule is CCCCCc1cnc(N2CCc3cc(S(=O)(=O)Nc4ccc(CCNCC(O)c5cccnc5)cc4)ccc32)o1. The lowest BCUT2D eigenvalue weighted by Gasteiger charge is -2.15. The molecule has 0 fully saturated rings. The molecule has 0 spiro atoms. The lowest BCUT2D eigenvalue weighted by atomic mass is 10.1. The van der Waals surface area contributed by atoms with E-state index < -0.39 is 16.1 Å². The Morgan fingerprint density at radius 2 is 1.93 bits per heavy atom. The first-order valence-electron chi connectivity index (χ1n) is 14.2. The zero-order chi connectivity index (χ0) is 28.7. The first-order chi connectivity index (χ1) is 19.9. The van der Waals surface area contributed by atoms with Crippen molar-refractivity contribution in [3.8, 4) is 0 Å². The highest BCUT2D eigenvalue weighted by Gasteiger charge is 2.26. The first-order valence-corrected chi connectivity index (χ1v) is 15.7. The van der Waals surface area contributed by atoms with E-state index in [1.54, 1.807) is 48.9 Å². The van der Waals surface area contributed by atoms with Gasteiger partial charge >= 0.3 is 6.01 Å². The number of aliphatic hydroxyl groups is 1. The highest BCUT2D eigenvalue weighted by atomic mass is 32.2. The predicted molar refractivity (Wildman–Crippen MR) is 160 cm³/mol. The van der Waals surface area contributed by atoms with E-state index in [9.17, 15) is 13.5 Å². The van der Waals surface area contributed by atoms with Crippen molar-refractivity contribution in [1.29, 1.82) is 0 Å². The average Bonchev–Trinajstić information content (AvgIpc) is 3.63. The number of oxazole rings is 1. The van der Waals surface area contributed by atoms with Gasteiger partial charge in [-0.3, -0.25) is 14.6 Å². The molecule has 1 aliphatic rings. The number of pyridine rings is 1. The van der Waals surface area contributed by atoms with Gasteiger partial charge in [-0.05, 0) is 73.3 Å². The van der Waals surface area contributed by atoms with Gasteiger partial charge in [-0.15, -0.1) is 0 Å². The Morgan fingerprint density at radius 3 is 2.71 bits per heavy atom. The number of nitrogens with one attached hydrogen (secondary N) is 2. The van der Waals surface area contributed by atoms with Crippen LogP contribution in [0.15, 0.2) is 82.5 Å². The standard InChI is InChI=1S/C31H37N5O4S/c1-2-3-4-7-27-21-34-31(40-27)36-18-15-24-19-28(12-13-29(24)36)41(38,39)35-26-10-8-23(9-11-26)14-17-33-22-30(37)25-6-5-16-32-20-25/h5-6,8-13,16,19-21,30,33,35,37H,2-4,7,14-15,17-18,22H2,1H3. The summed E-state index contributed by atoms with van der Waals surface area (Å²) in [7, 11) is -3.75. The summed E-state index contributed by atoms with van der Waals surface area (Å²) >= 11 is 0. The van der Waals surface area contributed by atoms with Gasteiger partial charge in [0.25, 0.3) is 10.0 Å². The largest absolute Gasteiger partial charge is 0.428 e. The third kappa shape index (κ3) is 7.32. The Kier molecular flexibility index (Phi) is 9.33. The fourth-order valence-corrected chi connectivity index (χ4v) is 6.06. The first kappa shape index (κ1) is 28.8. The van der Waals surface area contributed by atoms with Crippen molar-refractivity contribution in [1.82, 2.24) is 15.3 Å². The van der Waals surface area contributed by atoms with E-state index in [1.807, 2.05) is 29.2 Å². The summed E-state index contributed by atoms with van der Waals surface area (Å²) in [5, 5.41) is 13.5. The van der Waals surface area contributed by atoms with Gasteiger partial charge in [0, 0.05) is 48.8 Å². The minimum absolute atomic E-state index is 0.228. The Balaban J connectivity index is 1.14. The minimum Gasteiger partial charge on any atom is -0.428 e. The number of unbranched alkanes of at least 4 members (excludes halogenated alkanes) is 2. The van der Waals surface area contributed by atoms with Crippen LogP contribution in [0.3, 0.4) is 0 Å². The Labute approximate surface area is 241 Å². The maximum atomic E-state index is 13.2. The van der Waals surface area contributed by atoms with Gasteiger partial charge < -0.3 is 14.8 Å². The van der Waals surface area contributed by atoms with Crippen LogP contribution in [0, 0.1) is 0 Å². The number of benzene rings is 2. The van der Waals surface area contributed by atoms with Gasteiger partial charge in [-0.25, -0.2) is 13.4 Å². The van der Waals surface area contributed by atoms with E-state index >= 15 is 0 Å². The second-order valence-corrected chi connectivity index (χ2v) is 12.0. The quantitative estimate of drug-likeness (QED) is 0.176.